The van der Waals surface area contributed by atoms with Gasteiger partial charge in [-0.05, 0) is 99.1 Å². The number of alkyl halides is 2. The zero-order valence-corrected chi connectivity index (χ0v) is 76.3. The number of fused-ring (bicyclic) bond motifs is 4. The van der Waals surface area contributed by atoms with Crippen molar-refractivity contribution in [3.63, 3.8) is 0 Å². The van der Waals surface area contributed by atoms with Crippen molar-refractivity contribution in [3.05, 3.63) is 165 Å². The number of hydrogen-bond donors (Lipinski definition) is 6. The first kappa shape index (κ1) is 95.4. The molecule has 12 heterocycles. The molecule has 0 saturated carbocycles. The number of carbonyl (C=O) groups excluding carboxylic acids is 8. The van der Waals surface area contributed by atoms with Gasteiger partial charge in [0.1, 0.15) is 24.2 Å². The summed E-state index contributed by atoms with van der Waals surface area (Å²) in [6.07, 6.45) is 2.97. The van der Waals surface area contributed by atoms with E-state index in [2.05, 4.69) is 63.2 Å². The van der Waals surface area contributed by atoms with Crippen LogP contribution < -0.4 is 21.3 Å². The molecular formula is C93H120F6N20O10. The Morgan fingerprint density at radius 1 is 0.364 bits per heavy atom. The number of nitrogens with zero attached hydrogens (tertiary/aromatic N) is 16. The highest BCUT2D eigenvalue weighted by atomic mass is 19.3. The Labute approximate surface area is 747 Å². The third-order valence-corrected chi connectivity index (χ3v) is 24.7. The molecule has 4 aromatic carbocycles. The fraction of sp³-hybridized carbons (Fsp3) is 0.527. The van der Waals surface area contributed by atoms with Crippen LogP contribution in [-0.4, -0.2) is 285 Å². The van der Waals surface area contributed by atoms with Crippen LogP contribution in [0.4, 0.5) is 45.5 Å². The summed E-state index contributed by atoms with van der Waals surface area (Å²) >= 11 is 0. The van der Waals surface area contributed by atoms with E-state index in [1.54, 1.807) is 30.6 Å². The Morgan fingerprint density at radius 2 is 0.651 bits per heavy atom. The number of hydrogen-bond acceptors (Lipinski definition) is 18. The van der Waals surface area contributed by atoms with Crippen molar-refractivity contribution in [3.8, 4) is 45.0 Å². The van der Waals surface area contributed by atoms with E-state index in [0.29, 0.717) is 113 Å². The lowest BCUT2D eigenvalue weighted by Gasteiger charge is -2.43. The third-order valence-electron chi connectivity index (χ3n) is 24.7. The van der Waals surface area contributed by atoms with Gasteiger partial charge in [0, 0.05) is 162 Å². The fourth-order valence-electron chi connectivity index (χ4n) is 17.1. The highest BCUT2D eigenvalue weighted by molar-refractivity contribution is 5.93. The monoisotopic (exact) mass is 1790 g/mol. The largest absolute Gasteiger partial charge is 0.391 e. The van der Waals surface area contributed by atoms with Crippen LogP contribution in [-0.2, 0) is 71.0 Å². The predicted molar refractivity (Wildman–Crippen MR) is 472 cm³/mol. The molecule has 36 heteroatoms. The minimum Gasteiger partial charge on any atom is -0.391 e. The molecule has 8 amide bonds. The number of nitrogens with one attached hydrogen (secondary N) is 4. The van der Waals surface area contributed by atoms with E-state index in [0.717, 1.165) is 124 Å². The summed E-state index contributed by atoms with van der Waals surface area (Å²) in [7, 11) is 7.97. The van der Waals surface area contributed by atoms with Gasteiger partial charge in [-0.15, -0.1) is 0 Å². The number of aliphatic hydroxyl groups is 2. The van der Waals surface area contributed by atoms with Gasteiger partial charge in [0.25, 0.3) is 5.92 Å². The lowest BCUT2D eigenvalue weighted by Crippen LogP contribution is -2.65. The SMILES string of the molecule is CN1CCc2c(c(-c3ccc(F)c(F)c3)nn2C(=O)N[C@H](C(=O)N2CC(O)C2)C(C)(C)C)C1.CN1CCc2c(c(-c3ccc(F)c(F)c3)nn2C(=O)N[C@H](C(=O)N2CCC2)C(C)(C)C)C1.CN1CCc2c(c(-c3ccccc3)nn2C(=O)N[C@H](C(=O)N2CC(F)(F)C2)C(C)(C)C)C1.CN1CCc2c(c(-c3ccccc3)nn2C(=O)N[C@H](C(=O)N2CC[C@H](O)C2)C(C)(C)C)C1. The van der Waals surface area contributed by atoms with Gasteiger partial charge in [-0.3, -0.25) is 19.2 Å². The molecule has 0 aliphatic carbocycles. The van der Waals surface area contributed by atoms with E-state index < -0.39 is 124 Å². The summed E-state index contributed by atoms with van der Waals surface area (Å²) in [5.41, 5.74) is 9.61. The molecule has 6 N–H and O–H groups in total. The molecule has 0 radical (unpaired) electrons. The van der Waals surface area contributed by atoms with Crippen LogP contribution in [0.15, 0.2) is 97.1 Å². The number of benzene rings is 4. The number of halogens is 6. The van der Waals surface area contributed by atoms with Crippen LogP contribution in [0.3, 0.4) is 0 Å². The van der Waals surface area contributed by atoms with Crippen molar-refractivity contribution in [2.45, 2.75) is 190 Å². The number of rotatable bonds is 12. The Kier molecular flexibility index (Phi) is 28.2. The number of aliphatic hydroxyl groups excluding tert-OH is 2. The third kappa shape index (κ3) is 21.5. The van der Waals surface area contributed by atoms with E-state index in [9.17, 15) is 74.9 Å². The average molecular weight is 1790 g/mol. The van der Waals surface area contributed by atoms with E-state index >= 15 is 0 Å². The van der Waals surface area contributed by atoms with Crippen LogP contribution in [0.2, 0.25) is 0 Å². The molecule has 16 rings (SSSR count). The van der Waals surface area contributed by atoms with E-state index in [-0.39, 0.29) is 36.8 Å². The summed E-state index contributed by atoms with van der Waals surface area (Å²) in [5, 5.41) is 49.2. The minimum atomic E-state index is -2.86. The Bertz CT molecular complexity index is 5500. The molecule has 0 spiro atoms. The summed E-state index contributed by atoms with van der Waals surface area (Å²) in [6.45, 7) is 29.5. The first-order chi connectivity index (χ1) is 60.6. The number of carbonyl (C=O) groups is 8. The van der Waals surface area contributed by atoms with Crippen LogP contribution in [0.25, 0.3) is 45.0 Å². The molecule has 4 aromatic heterocycles. The molecule has 4 saturated heterocycles. The lowest BCUT2D eigenvalue weighted by molar-refractivity contribution is -0.169. The molecule has 5 atom stereocenters. The molecule has 30 nitrogen and oxygen atoms in total. The first-order valence-electron chi connectivity index (χ1n) is 43.9. The van der Waals surface area contributed by atoms with E-state index in [1.807, 2.05) is 144 Å². The van der Waals surface area contributed by atoms with Crippen molar-refractivity contribution in [1.29, 1.82) is 0 Å². The molecule has 8 aliphatic rings. The maximum atomic E-state index is 13.9. The van der Waals surface area contributed by atoms with Gasteiger partial charge >= 0.3 is 24.1 Å². The molecular weight excluding hydrogens is 1670 g/mol. The number of β-amino-alcohol motifs (C(OH)–C–C–N with tert-alkyl or cyclic N) is 2. The smallest absolute Gasteiger partial charge is 0.343 e. The second-order valence-electron chi connectivity index (χ2n) is 39.5. The van der Waals surface area contributed by atoms with Crippen molar-refractivity contribution in [1.82, 2.24) is 99.6 Å². The molecule has 129 heavy (non-hydrogen) atoms. The topological polar surface area (TPSA) is 322 Å². The van der Waals surface area contributed by atoms with Crippen molar-refractivity contribution in [2.24, 2.45) is 21.7 Å². The summed E-state index contributed by atoms with van der Waals surface area (Å²) < 4.78 is 86.8. The first-order valence-corrected chi connectivity index (χ1v) is 43.9. The summed E-state index contributed by atoms with van der Waals surface area (Å²) in [4.78, 5) is 120. The van der Waals surface area contributed by atoms with Gasteiger partial charge in [0.15, 0.2) is 23.3 Å². The molecule has 8 aliphatic heterocycles. The maximum absolute atomic E-state index is 13.9. The number of aromatic nitrogens is 8. The van der Waals surface area contributed by atoms with Crippen LogP contribution in [0.5, 0.6) is 0 Å². The second kappa shape index (κ2) is 38.1. The number of likely N-dealkylation sites (N-methyl/N-ethyl adjacent to an activating group) is 4. The fourth-order valence-corrected chi connectivity index (χ4v) is 17.1. The quantitative estimate of drug-likeness (QED) is 0.0619. The maximum Gasteiger partial charge on any atom is 0.343 e. The highest BCUT2D eigenvalue weighted by Crippen LogP contribution is 2.38. The molecule has 0 bridgehead atoms. The number of likely N-dealkylation sites (tertiary alicyclic amines) is 4. The van der Waals surface area contributed by atoms with Crippen molar-refractivity contribution < 1.29 is 74.9 Å². The van der Waals surface area contributed by atoms with Crippen LogP contribution in [0.1, 0.15) is 141 Å². The van der Waals surface area contributed by atoms with E-state index in [4.69, 9.17) is 5.10 Å². The molecule has 8 aromatic rings. The average Bonchev–Trinajstić information content (AvgIpc) is 1.65. The molecule has 4 fully saturated rings. The van der Waals surface area contributed by atoms with Crippen molar-refractivity contribution >= 4 is 47.8 Å². The lowest BCUT2D eigenvalue weighted by atomic mass is 9.85. The molecule has 694 valence electrons. The zero-order valence-electron chi connectivity index (χ0n) is 76.3. The van der Waals surface area contributed by atoms with Gasteiger partial charge < -0.3 is 70.7 Å². The molecule has 0 unspecified atom stereocenters. The van der Waals surface area contributed by atoms with Gasteiger partial charge in [-0.1, -0.05) is 144 Å². The standard InChI is InChI=1S/C24H33N5O3.C23H29F2N5O3.2C23H29F2N5O2/c1-24(2,3)21(22(31)28-13-10-17(30)14-28)25-23(32)29-19-11-12-27(4)15-18(19)20(26-29)16-8-6-5-7-9-16;1-23(2,3)20(21(32)29-10-14(31)11-29)26-22(33)30-18-7-8-28(4)12-15(18)19(27-30)13-5-6-16(24)17(25)9-13;1-23(2,3)20(21(31)29-9-5-10-29)26-22(32)30-18-8-11-28(4)13-15(18)19(27-30)14-6-7-16(24)17(25)12-14;1-22(2,3)19(20(31)29-13-23(24,25)14-29)26-21(32)30-17-10-11-28(4)12-16(17)18(27-30)15-8-6-5-7-9-15/h5-9,17,21,30H,10-15H2,1-4H3,(H,25,32);5-6,9,14,20,31H,7-8,10-12H2,1-4H3,(H,26,33);6-7,12,20H,5,8-11,13H2,1-4H3,(H,26,32);5-9,19H,10-14H2,1-4H3,(H,26,32)/t17-,21+;2*20-;19-/m0111/s1. The van der Waals surface area contributed by atoms with Crippen LogP contribution in [0, 0.1) is 44.9 Å². The Balaban J connectivity index is 0.000000147. The van der Waals surface area contributed by atoms with Gasteiger partial charge in [-0.25, -0.2) is 45.5 Å². The van der Waals surface area contributed by atoms with Gasteiger partial charge in [-0.2, -0.15) is 39.1 Å². The zero-order chi connectivity index (χ0) is 93.6. The van der Waals surface area contributed by atoms with Gasteiger partial charge in [0.05, 0.1) is 70.8 Å². The van der Waals surface area contributed by atoms with Crippen LogP contribution >= 0.6 is 0 Å². The normalized spacial score (nSPS) is 18.7. The minimum absolute atomic E-state index is 0.0984. The number of amides is 8. The Hall–Kier alpha value is -11.2. The van der Waals surface area contributed by atoms with Crippen molar-refractivity contribution in [2.75, 3.05) is 107 Å². The van der Waals surface area contributed by atoms with Gasteiger partial charge in [0.2, 0.25) is 23.6 Å². The Morgan fingerprint density at radius 3 is 0.915 bits per heavy atom. The van der Waals surface area contributed by atoms with E-state index in [1.165, 1.54) is 35.8 Å². The summed E-state index contributed by atoms with van der Waals surface area (Å²) in [6, 6.07) is 21.6. The highest BCUT2D eigenvalue weighted by Gasteiger charge is 2.51. The second-order valence-corrected chi connectivity index (χ2v) is 39.5. The summed E-state index contributed by atoms with van der Waals surface area (Å²) in [5.74, 6) is -7.72. The predicted octanol–water partition coefficient (Wildman–Crippen LogP) is 10.1.